The van der Waals surface area contributed by atoms with Crippen molar-refractivity contribution in [3.05, 3.63) is 52.7 Å². The molecule has 0 aliphatic rings. The molecule has 0 fully saturated rings. The number of amides is 1. The van der Waals surface area contributed by atoms with Crippen molar-refractivity contribution in [3.63, 3.8) is 0 Å². The molecule has 0 radical (unpaired) electrons. The van der Waals surface area contributed by atoms with Crippen LogP contribution in [0.1, 0.15) is 17.0 Å². The van der Waals surface area contributed by atoms with Crippen LogP contribution in [0.25, 0.3) is 10.8 Å². The average molecular weight is 386 g/mol. The van der Waals surface area contributed by atoms with Crippen molar-refractivity contribution in [1.29, 1.82) is 0 Å². The third-order valence-corrected chi connectivity index (χ3v) is 5.12. The molecule has 0 saturated heterocycles. The Morgan fingerprint density at radius 3 is 2.70 bits per heavy atom. The zero-order chi connectivity index (χ0) is 19.4. The molecule has 6 nitrogen and oxygen atoms in total. The van der Waals surface area contributed by atoms with Crippen LogP contribution in [0.2, 0.25) is 0 Å². The van der Waals surface area contributed by atoms with E-state index in [1.807, 2.05) is 42.6 Å². The third kappa shape index (κ3) is 4.14. The molecular formula is C20H22N2O4S. The lowest BCUT2D eigenvalue weighted by Gasteiger charge is -2.19. The van der Waals surface area contributed by atoms with Gasteiger partial charge in [-0.25, -0.2) is 4.98 Å². The number of hydrogen-bond donors (Lipinski definition) is 0. The molecule has 2 heterocycles. The van der Waals surface area contributed by atoms with Crippen molar-refractivity contribution < 1.29 is 18.7 Å². The molecule has 2 aromatic heterocycles. The van der Waals surface area contributed by atoms with Crippen LogP contribution in [0.15, 0.2) is 40.1 Å². The second kappa shape index (κ2) is 8.26. The van der Waals surface area contributed by atoms with Gasteiger partial charge < -0.3 is 18.8 Å². The second-order valence-electron chi connectivity index (χ2n) is 6.08. The lowest BCUT2D eigenvalue weighted by molar-refractivity contribution is -0.129. The Hall–Kier alpha value is -2.80. The molecule has 1 amide bonds. The highest BCUT2D eigenvalue weighted by Gasteiger charge is 2.19. The van der Waals surface area contributed by atoms with Crippen LogP contribution in [0.5, 0.6) is 11.5 Å². The van der Waals surface area contributed by atoms with E-state index in [0.717, 1.165) is 10.4 Å². The average Bonchev–Trinajstić information content (AvgIpc) is 3.31. The molecule has 1 aromatic carbocycles. The fourth-order valence-corrected chi connectivity index (χ4v) is 3.45. The molecule has 0 saturated carbocycles. The number of ether oxygens (including phenoxy) is 2. The maximum Gasteiger partial charge on any atom is 0.236 e. The summed E-state index contributed by atoms with van der Waals surface area (Å²) in [4.78, 5) is 19.8. The van der Waals surface area contributed by atoms with Gasteiger partial charge in [0.2, 0.25) is 11.8 Å². The van der Waals surface area contributed by atoms with Crippen LogP contribution < -0.4 is 9.47 Å². The Bertz CT molecular complexity index is 918. The summed E-state index contributed by atoms with van der Waals surface area (Å²) >= 11 is 1.56. The van der Waals surface area contributed by atoms with Crippen molar-refractivity contribution in [1.82, 2.24) is 9.88 Å². The summed E-state index contributed by atoms with van der Waals surface area (Å²) in [5.41, 5.74) is 1.54. The molecule has 7 heteroatoms. The largest absolute Gasteiger partial charge is 0.493 e. The molecule has 0 aliphatic carbocycles. The Morgan fingerprint density at radius 2 is 2.04 bits per heavy atom. The van der Waals surface area contributed by atoms with Gasteiger partial charge in [0, 0.05) is 19.2 Å². The maximum atomic E-state index is 12.7. The second-order valence-corrected chi connectivity index (χ2v) is 7.03. The van der Waals surface area contributed by atoms with Crippen molar-refractivity contribution in [2.75, 3.05) is 21.3 Å². The first-order chi connectivity index (χ1) is 13.0. The molecular weight excluding hydrogens is 364 g/mol. The summed E-state index contributed by atoms with van der Waals surface area (Å²) in [5.74, 6) is 2.46. The van der Waals surface area contributed by atoms with Gasteiger partial charge >= 0.3 is 0 Å². The topological polar surface area (TPSA) is 64.8 Å². The van der Waals surface area contributed by atoms with Gasteiger partial charge in [0.1, 0.15) is 5.76 Å². The van der Waals surface area contributed by atoms with E-state index >= 15 is 0 Å². The molecule has 3 rings (SSSR count). The first-order valence-corrected chi connectivity index (χ1v) is 9.35. The predicted octanol–water partition coefficient (Wildman–Crippen LogP) is 3.93. The fraction of sp³-hybridized carbons (Fsp3) is 0.300. The van der Waals surface area contributed by atoms with E-state index in [1.54, 1.807) is 37.5 Å². The number of oxazole rings is 1. The molecule has 142 valence electrons. The molecule has 3 aromatic rings. The fourth-order valence-electron chi connectivity index (χ4n) is 2.80. The van der Waals surface area contributed by atoms with Crippen molar-refractivity contribution in [3.8, 4) is 22.3 Å². The van der Waals surface area contributed by atoms with Crippen LogP contribution in [-0.4, -0.2) is 37.1 Å². The summed E-state index contributed by atoms with van der Waals surface area (Å²) in [6, 6.07) is 9.52. The van der Waals surface area contributed by atoms with Gasteiger partial charge in [-0.05, 0) is 24.4 Å². The summed E-state index contributed by atoms with van der Waals surface area (Å²) in [5, 5.41) is 1.97. The number of carbonyl (C=O) groups excluding carboxylic acids is 1. The Labute approximate surface area is 162 Å². The minimum atomic E-state index is -0.0472. The van der Waals surface area contributed by atoms with Crippen molar-refractivity contribution >= 4 is 17.2 Å². The van der Waals surface area contributed by atoms with Crippen molar-refractivity contribution in [2.45, 2.75) is 19.9 Å². The molecule has 0 N–H and O–H groups in total. The molecule has 0 spiro atoms. The van der Waals surface area contributed by atoms with E-state index < -0.39 is 0 Å². The van der Waals surface area contributed by atoms with Crippen LogP contribution in [0, 0.1) is 6.92 Å². The van der Waals surface area contributed by atoms with Crippen LogP contribution in [0.3, 0.4) is 0 Å². The summed E-state index contributed by atoms with van der Waals surface area (Å²) in [6.45, 7) is 2.24. The molecule has 0 aliphatic heterocycles. The van der Waals surface area contributed by atoms with E-state index in [2.05, 4.69) is 4.98 Å². The number of aromatic nitrogens is 1. The smallest absolute Gasteiger partial charge is 0.236 e. The number of hydrogen-bond acceptors (Lipinski definition) is 6. The highest BCUT2D eigenvalue weighted by atomic mass is 32.1. The number of carbonyl (C=O) groups is 1. The highest BCUT2D eigenvalue weighted by molar-refractivity contribution is 7.13. The van der Waals surface area contributed by atoms with Crippen molar-refractivity contribution in [2.24, 2.45) is 0 Å². The summed E-state index contributed by atoms with van der Waals surface area (Å²) in [7, 11) is 4.94. The van der Waals surface area contributed by atoms with Gasteiger partial charge in [0.15, 0.2) is 11.5 Å². The molecule has 27 heavy (non-hydrogen) atoms. The Kier molecular flexibility index (Phi) is 5.81. The van der Waals surface area contributed by atoms with Gasteiger partial charge in [0.05, 0.1) is 31.2 Å². The number of thiophene rings is 1. The standard InChI is InChI=1S/C20H22N2O4S/c1-13-15(21-20(26-13)17-9-6-10-27-17)11-18(23)22(2)12-14-7-5-8-16(24-3)19(14)25-4/h5-10H,11-12H2,1-4H3. The number of nitrogens with zero attached hydrogens (tertiary/aromatic N) is 2. The molecule has 0 unspecified atom stereocenters. The molecule has 0 bridgehead atoms. The zero-order valence-corrected chi connectivity index (χ0v) is 16.6. The van der Waals surface area contributed by atoms with E-state index in [1.165, 1.54) is 0 Å². The first kappa shape index (κ1) is 19.0. The first-order valence-electron chi connectivity index (χ1n) is 8.47. The Balaban J connectivity index is 1.72. The van der Waals surface area contributed by atoms with Gasteiger partial charge in [-0.1, -0.05) is 18.2 Å². The number of benzene rings is 1. The normalized spacial score (nSPS) is 10.7. The minimum absolute atomic E-state index is 0.0472. The zero-order valence-electron chi connectivity index (χ0n) is 15.8. The number of likely N-dealkylation sites (N-methyl/N-ethyl adjacent to an activating group) is 1. The third-order valence-electron chi connectivity index (χ3n) is 4.26. The van der Waals surface area contributed by atoms with Crippen LogP contribution >= 0.6 is 11.3 Å². The van der Waals surface area contributed by atoms with Gasteiger partial charge in [-0.3, -0.25) is 4.79 Å². The lowest BCUT2D eigenvalue weighted by Crippen LogP contribution is -2.28. The highest BCUT2D eigenvalue weighted by Crippen LogP contribution is 2.31. The number of rotatable bonds is 7. The predicted molar refractivity (Wildman–Crippen MR) is 104 cm³/mol. The lowest BCUT2D eigenvalue weighted by atomic mass is 10.1. The maximum absolute atomic E-state index is 12.7. The van der Waals surface area contributed by atoms with Gasteiger partial charge in [0.25, 0.3) is 0 Å². The minimum Gasteiger partial charge on any atom is -0.493 e. The van der Waals surface area contributed by atoms with E-state index in [0.29, 0.717) is 35.4 Å². The summed E-state index contributed by atoms with van der Waals surface area (Å²) in [6.07, 6.45) is 0.184. The monoisotopic (exact) mass is 386 g/mol. The number of aryl methyl sites for hydroxylation is 1. The van der Waals surface area contributed by atoms with Gasteiger partial charge in [-0.15, -0.1) is 11.3 Å². The van der Waals surface area contributed by atoms with E-state index in [9.17, 15) is 4.79 Å². The van der Waals surface area contributed by atoms with Gasteiger partial charge in [-0.2, -0.15) is 0 Å². The van der Waals surface area contributed by atoms with E-state index in [4.69, 9.17) is 13.9 Å². The molecule has 0 atom stereocenters. The SMILES string of the molecule is COc1cccc(CN(C)C(=O)Cc2nc(-c3cccs3)oc2C)c1OC. The quantitative estimate of drug-likeness (QED) is 0.616. The Morgan fingerprint density at radius 1 is 1.22 bits per heavy atom. The van der Waals surface area contributed by atoms with Crippen LogP contribution in [-0.2, 0) is 17.8 Å². The van der Waals surface area contributed by atoms with Crippen LogP contribution in [0.4, 0.5) is 0 Å². The number of methoxy groups -OCH3 is 2. The summed E-state index contributed by atoms with van der Waals surface area (Å²) < 4.78 is 16.5. The van der Waals surface area contributed by atoms with E-state index in [-0.39, 0.29) is 12.3 Å². The number of para-hydroxylation sites is 1.